The summed E-state index contributed by atoms with van der Waals surface area (Å²) in [6.45, 7) is 3.77. The van der Waals surface area contributed by atoms with Gasteiger partial charge in [0.1, 0.15) is 11.9 Å². The molecule has 0 radical (unpaired) electrons. The van der Waals surface area contributed by atoms with Crippen LogP contribution in [0.5, 0.6) is 0 Å². The van der Waals surface area contributed by atoms with Gasteiger partial charge < -0.3 is 15.4 Å². The third kappa shape index (κ3) is 5.51. The molecule has 3 N–H and O–H groups in total. The number of nitrogens with two attached hydrogens (primary N) is 1. The molecule has 9 nitrogen and oxygen atoms in total. The second-order valence-electron chi connectivity index (χ2n) is 7.37. The SMILES string of the molecule is CCN(CCN(NC)C(=O)Cc1ccncc1)c1ccc(N2C[C@H](CN)OC2=O)cc1F. The number of nitrogens with one attached hydrogen (secondary N) is 1. The summed E-state index contributed by atoms with van der Waals surface area (Å²) in [4.78, 5) is 31.8. The van der Waals surface area contributed by atoms with Crippen molar-refractivity contribution in [1.29, 1.82) is 0 Å². The van der Waals surface area contributed by atoms with Crippen molar-refractivity contribution in [3.8, 4) is 0 Å². The van der Waals surface area contributed by atoms with E-state index in [1.54, 1.807) is 43.7 Å². The van der Waals surface area contributed by atoms with Gasteiger partial charge in [0.25, 0.3) is 0 Å². The van der Waals surface area contributed by atoms with E-state index >= 15 is 0 Å². The molecule has 0 saturated carbocycles. The Morgan fingerprint density at radius 2 is 2.06 bits per heavy atom. The molecule has 1 aromatic carbocycles. The van der Waals surface area contributed by atoms with Crippen molar-refractivity contribution < 1.29 is 18.7 Å². The van der Waals surface area contributed by atoms with Crippen LogP contribution in [-0.4, -0.2) is 67.9 Å². The van der Waals surface area contributed by atoms with E-state index in [0.29, 0.717) is 37.6 Å². The van der Waals surface area contributed by atoms with E-state index in [1.807, 2.05) is 11.8 Å². The number of ether oxygens (including phenoxy) is 1. The third-order valence-corrected chi connectivity index (χ3v) is 5.37. The number of halogens is 1. The second kappa shape index (κ2) is 10.9. The molecule has 2 aromatic rings. The zero-order valence-corrected chi connectivity index (χ0v) is 18.3. The maximum atomic E-state index is 15.0. The van der Waals surface area contributed by atoms with Crippen molar-refractivity contribution in [1.82, 2.24) is 15.4 Å². The Morgan fingerprint density at radius 3 is 2.66 bits per heavy atom. The fraction of sp³-hybridized carbons (Fsp3) is 0.409. The molecule has 10 heteroatoms. The number of carbonyl (C=O) groups excluding carboxylic acids is 2. The van der Waals surface area contributed by atoms with Gasteiger partial charge in [-0.1, -0.05) is 0 Å². The normalized spacial score (nSPS) is 15.6. The zero-order chi connectivity index (χ0) is 23.1. The van der Waals surface area contributed by atoms with Gasteiger partial charge in [-0.3, -0.25) is 19.7 Å². The molecule has 1 fully saturated rings. The van der Waals surface area contributed by atoms with Gasteiger partial charge in [0.2, 0.25) is 5.91 Å². The van der Waals surface area contributed by atoms with Crippen LogP contribution in [0.3, 0.4) is 0 Å². The minimum atomic E-state index is -0.530. The average molecular weight is 445 g/mol. The number of pyridine rings is 1. The fourth-order valence-corrected chi connectivity index (χ4v) is 3.58. The van der Waals surface area contributed by atoms with Gasteiger partial charge >= 0.3 is 6.09 Å². The van der Waals surface area contributed by atoms with Gasteiger partial charge in [-0.05, 0) is 42.8 Å². The lowest BCUT2D eigenvalue weighted by Crippen LogP contribution is -2.46. The average Bonchev–Trinajstić information content (AvgIpc) is 3.18. The summed E-state index contributed by atoms with van der Waals surface area (Å²) in [6.07, 6.45) is 2.62. The summed E-state index contributed by atoms with van der Waals surface area (Å²) in [5.74, 6) is -0.542. The Labute approximate surface area is 186 Å². The number of cyclic esters (lactones) is 1. The van der Waals surface area contributed by atoms with Crippen molar-refractivity contribution in [2.24, 2.45) is 5.73 Å². The van der Waals surface area contributed by atoms with Crippen LogP contribution in [0, 0.1) is 5.82 Å². The summed E-state index contributed by atoms with van der Waals surface area (Å²) in [5.41, 5.74) is 10.2. The fourth-order valence-electron chi connectivity index (χ4n) is 3.58. The molecule has 1 aromatic heterocycles. The van der Waals surface area contributed by atoms with Crippen LogP contribution in [0.2, 0.25) is 0 Å². The Bertz CT molecular complexity index is 929. The first-order chi connectivity index (χ1) is 15.5. The van der Waals surface area contributed by atoms with E-state index < -0.39 is 18.0 Å². The zero-order valence-electron chi connectivity index (χ0n) is 18.3. The van der Waals surface area contributed by atoms with E-state index in [1.165, 1.54) is 16.0 Å². The highest BCUT2D eigenvalue weighted by atomic mass is 19.1. The third-order valence-electron chi connectivity index (χ3n) is 5.37. The highest BCUT2D eigenvalue weighted by Gasteiger charge is 2.32. The molecule has 0 unspecified atom stereocenters. The maximum Gasteiger partial charge on any atom is 0.414 e. The molecule has 1 saturated heterocycles. The summed E-state index contributed by atoms with van der Waals surface area (Å²) in [5, 5.41) is 1.52. The predicted octanol–water partition coefficient (Wildman–Crippen LogP) is 1.54. The van der Waals surface area contributed by atoms with E-state index in [4.69, 9.17) is 10.5 Å². The number of hydrazine groups is 1. The first kappa shape index (κ1) is 23.4. The minimum Gasteiger partial charge on any atom is -0.443 e. The Morgan fingerprint density at radius 1 is 1.31 bits per heavy atom. The lowest BCUT2D eigenvalue weighted by Gasteiger charge is -2.28. The number of carbonyl (C=O) groups is 2. The number of hydrogen-bond acceptors (Lipinski definition) is 7. The molecule has 32 heavy (non-hydrogen) atoms. The topological polar surface area (TPSA) is 104 Å². The first-order valence-corrected chi connectivity index (χ1v) is 10.6. The number of anilines is 2. The Kier molecular flexibility index (Phi) is 7.96. The van der Waals surface area contributed by atoms with Crippen LogP contribution in [0.4, 0.5) is 20.6 Å². The molecular weight excluding hydrogens is 415 g/mol. The van der Waals surface area contributed by atoms with Gasteiger partial charge in [-0.15, -0.1) is 0 Å². The monoisotopic (exact) mass is 444 g/mol. The summed E-state index contributed by atoms with van der Waals surface area (Å²) < 4.78 is 20.1. The van der Waals surface area contributed by atoms with Crippen molar-refractivity contribution in [3.63, 3.8) is 0 Å². The van der Waals surface area contributed by atoms with Crippen molar-refractivity contribution in [2.45, 2.75) is 19.4 Å². The van der Waals surface area contributed by atoms with Gasteiger partial charge in [-0.2, -0.15) is 0 Å². The standard InChI is InChI=1S/C22H29FN6O3/c1-3-27(10-11-29(25-2)21(30)12-16-6-8-26-9-7-16)20-5-4-17(13-19(20)23)28-15-18(14-24)32-22(28)31/h4-9,13,18,25H,3,10-12,14-15,24H2,1-2H3/t18-/m0/s1. The van der Waals surface area contributed by atoms with E-state index in [9.17, 15) is 14.0 Å². The Hall–Kier alpha value is -3.24. The molecule has 3 rings (SSSR count). The largest absolute Gasteiger partial charge is 0.443 e. The maximum absolute atomic E-state index is 15.0. The van der Waals surface area contributed by atoms with Gasteiger partial charge in [0.05, 0.1) is 30.9 Å². The highest BCUT2D eigenvalue weighted by molar-refractivity contribution is 5.90. The van der Waals surface area contributed by atoms with Crippen molar-refractivity contribution in [3.05, 3.63) is 54.1 Å². The van der Waals surface area contributed by atoms with E-state index in [-0.39, 0.29) is 18.9 Å². The molecule has 1 atom stereocenters. The highest BCUT2D eigenvalue weighted by Crippen LogP contribution is 2.27. The van der Waals surface area contributed by atoms with Crippen LogP contribution >= 0.6 is 0 Å². The number of hydrogen-bond donors (Lipinski definition) is 2. The van der Waals surface area contributed by atoms with Crippen LogP contribution < -0.4 is 21.0 Å². The van der Waals surface area contributed by atoms with Crippen molar-refractivity contribution >= 4 is 23.4 Å². The number of nitrogens with zero attached hydrogens (tertiary/aromatic N) is 4. The molecule has 1 aliphatic rings. The van der Waals surface area contributed by atoms with Gasteiger partial charge in [0, 0.05) is 39.1 Å². The summed E-state index contributed by atoms with van der Waals surface area (Å²) >= 11 is 0. The molecular formula is C22H29FN6O3. The smallest absolute Gasteiger partial charge is 0.414 e. The van der Waals surface area contributed by atoms with Crippen LogP contribution in [0.1, 0.15) is 12.5 Å². The van der Waals surface area contributed by atoms with E-state index in [2.05, 4.69) is 10.4 Å². The molecule has 0 aliphatic carbocycles. The molecule has 0 spiro atoms. The van der Waals surface area contributed by atoms with Crippen LogP contribution in [0.25, 0.3) is 0 Å². The van der Waals surface area contributed by atoms with Gasteiger partial charge in [-0.25, -0.2) is 14.6 Å². The summed E-state index contributed by atoms with van der Waals surface area (Å²) in [6, 6.07) is 8.24. The Balaban J connectivity index is 1.64. The first-order valence-electron chi connectivity index (χ1n) is 10.6. The summed E-state index contributed by atoms with van der Waals surface area (Å²) in [7, 11) is 1.68. The number of rotatable bonds is 10. The number of likely N-dealkylation sites (N-methyl/N-ethyl adjacent to an activating group) is 1. The van der Waals surface area contributed by atoms with Crippen LogP contribution in [0.15, 0.2) is 42.7 Å². The number of amides is 2. The lowest BCUT2D eigenvalue weighted by atomic mass is 10.2. The molecule has 1 aliphatic heterocycles. The predicted molar refractivity (Wildman–Crippen MR) is 120 cm³/mol. The van der Waals surface area contributed by atoms with Crippen LogP contribution in [-0.2, 0) is 16.0 Å². The van der Waals surface area contributed by atoms with E-state index in [0.717, 1.165) is 5.56 Å². The number of aromatic nitrogens is 1. The minimum absolute atomic E-state index is 0.0902. The van der Waals surface area contributed by atoms with Gasteiger partial charge in [0.15, 0.2) is 0 Å². The molecule has 2 heterocycles. The second-order valence-corrected chi connectivity index (χ2v) is 7.37. The molecule has 0 bridgehead atoms. The lowest BCUT2D eigenvalue weighted by molar-refractivity contribution is -0.133. The molecule has 2 amide bonds. The quantitative estimate of drug-likeness (QED) is 0.536. The van der Waals surface area contributed by atoms with Crippen molar-refractivity contribution in [2.75, 3.05) is 49.6 Å². The molecule has 172 valence electrons. The number of benzene rings is 1.